The number of carbonyl (C=O) groups is 2. The lowest BCUT2D eigenvalue weighted by Crippen LogP contribution is -3.00. The Labute approximate surface area is 221 Å². The van der Waals surface area contributed by atoms with Crippen LogP contribution >= 0.6 is 11.3 Å². The highest BCUT2D eigenvalue weighted by atomic mass is 79.9. The lowest BCUT2D eigenvalue weighted by molar-refractivity contribution is -0.939. The second kappa shape index (κ2) is 10.3. The van der Waals surface area contributed by atoms with Crippen LogP contribution in [0.2, 0.25) is 0 Å². The molecule has 3 aliphatic heterocycles. The van der Waals surface area contributed by atoms with Gasteiger partial charge < -0.3 is 31.3 Å². The topological polar surface area (TPSA) is 114 Å². The van der Waals surface area contributed by atoms with Crippen LogP contribution in [-0.2, 0) is 19.9 Å². The fourth-order valence-corrected chi connectivity index (χ4v) is 6.74. The zero-order chi connectivity index (χ0) is 24.7. The summed E-state index contributed by atoms with van der Waals surface area (Å²) in [4.78, 5) is 38.0. The van der Waals surface area contributed by atoms with Gasteiger partial charge in [-0.1, -0.05) is 6.07 Å². The van der Waals surface area contributed by atoms with E-state index < -0.39 is 35.9 Å². The zero-order valence-corrected chi connectivity index (χ0v) is 21.9. The molecule has 1 saturated carbocycles. The largest absolute Gasteiger partial charge is 1.00 e. The molecule has 13 heteroatoms. The van der Waals surface area contributed by atoms with Crippen molar-refractivity contribution in [1.29, 1.82) is 0 Å². The SMILES string of the molecule is O=C(C[N+]12CCC(CC1)C(OC(=O)[C@@](O)(c1cccs1)C1CCC(F)(F)C1)C2)Nc1ncncn1.[Br-]. The molecule has 1 aliphatic carbocycles. The predicted molar refractivity (Wildman–Crippen MR) is 121 cm³/mol. The fraction of sp³-hybridized carbons (Fsp3) is 0.609. The molecule has 3 saturated heterocycles. The molecule has 2 aromatic heterocycles. The maximum absolute atomic E-state index is 14.0. The number of piperidine rings is 3. The van der Waals surface area contributed by atoms with Crippen molar-refractivity contribution in [3.8, 4) is 0 Å². The van der Waals surface area contributed by atoms with E-state index in [1.165, 1.54) is 12.7 Å². The molecule has 2 aromatic rings. The second-order valence-electron chi connectivity index (χ2n) is 9.96. The standard InChI is InChI=1S/C23H27F2N5O4S.BrH/c24-22(25)6-3-16(10-22)23(33,18-2-1-9-35-18)20(32)34-17-11-30(7-4-15(17)5-8-30)12-19(31)29-21-27-13-26-14-28-21;/h1-2,9,13-17,33H,3-8,10-12H2;1H/t15?,16?,17?,23-,30?;/m0./s1. The Hall–Kier alpha value is -2.09. The van der Waals surface area contributed by atoms with Crippen LogP contribution in [0.1, 0.15) is 37.0 Å². The number of halogens is 3. The summed E-state index contributed by atoms with van der Waals surface area (Å²) in [5.74, 6) is -4.65. The van der Waals surface area contributed by atoms with Crippen molar-refractivity contribution in [2.24, 2.45) is 11.8 Å². The summed E-state index contributed by atoms with van der Waals surface area (Å²) in [6.07, 6.45) is 2.78. The van der Waals surface area contributed by atoms with E-state index in [1.807, 2.05) is 0 Å². The van der Waals surface area contributed by atoms with E-state index >= 15 is 0 Å². The number of anilines is 1. The van der Waals surface area contributed by atoms with Gasteiger partial charge in [-0.25, -0.2) is 28.5 Å². The molecule has 1 amide bonds. The first kappa shape index (κ1) is 27.0. The van der Waals surface area contributed by atoms with Gasteiger partial charge in [0, 0.05) is 42.4 Å². The van der Waals surface area contributed by atoms with Gasteiger partial charge in [0.05, 0.1) is 13.1 Å². The number of carbonyl (C=O) groups excluding carboxylic acids is 2. The first-order valence-corrected chi connectivity index (χ1v) is 12.7. The van der Waals surface area contributed by atoms with Crippen molar-refractivity contribution in [1.82, 2.24) is 15.0 Å². The lowest BCUT2D eigenvalue weighted by atomic mass is 9.82. The van der Waals surface area contributed by atoms with E-state index in [-0.39, 0.29) is 54.1 Å². The molecule has 6 rings (SSSR count). The highest BCUT2D eigenvalue weighted by Gasteiger charge is 2.57. The summed E-state index contributed by atoms with van der Waals surface area (Å²) in [5, 5.41) is 15.9. The molecular weight excluding hydrogens is 560 g/mol. The van der Waals surface area contributed by atoms with E-state index in [2.05, 4.69) is 20.3 Å². The molecule has 2 N–H and O–H groups in total. The van der Waals surface area contributed by atoms with E-state index in [9.17, 15) is 23.5 Å². The molecule has 3 atom stereocenters. The number of hydrogen-bond acceptors (Lipinski definition) is 8. The second-order valence-corrected chi connectivity index (χ2v) is 10.9. The molecule has 2 unspecified atom stereocenters. The number of fused-ring (bicyclic) bond motifs is 3. The number of quaternary nitrogens is 1. The minimum absolute atomic E-state index is 0. The highest BCUT2D eigenvalue weighted by molar-refractivity contribution is 7.10. The van der Waals surface area contributed by atoms with E-state index in [0.29, 0.717) is 15.9 Å². The summed E-state index contributed by atoms with van der Waals surface area (Å²) in [6.45, 7) is 2.15. The Morgan fingerprint density at radius 2 is 1.97 bits per heavy atom. The van der Waals surface area contributed by atoms with Crippen LogP contribution in [0.4, 0.5) is 14.7 Å². The number of aromatic nitrogens is 3. The van der Waals surface area contributed by atoms with Crippen LogP contribution in [0.3, 0.4) is 0 Å². The number of rotatable bonds is 7. The number of nitrogens with zero attached hydrogens (tertiary/aromatic N) is 4. The average molecular weight is 588 g/mol. The van der Waals surface area contributed by atoms with Crippen LogP contribution in [0.5, 0.6) is 0 Å². The van der Waals surface area contributed by atoms with Crippen LogP contribution in [0.25, 0.3) is 0 Å². The van der Waals surface area contributed by atoms with Crippen molar-refractivity contribution < 1.29 is 49.7 Å². The molecule has 9 nitrogen and oxygen atoms in total. The van der Waals surface area contributed by atoms with Gasteiger partial charge in [0.15, 0.2) is 18.2 Å². The number of nitrogens with one attached hydrogen (secondary N) is 1. The number of thiophene rings is 1. The third kappa shape index (κ3) is 5.29. The Morgan fingerprint density at radius 3 is 2.58 bits per heavy atom. The molecule has 0 spiro atoms. The van der Waals surface area contributed by atoms with Gasteiger partial charge in [-0.3, -0.25) is 10.1 Å². The summed E-state index contributed by atoms with van der Waals surface area (Å²) in [5.41, 5.74) is -2.11. The maximum atomic E-state index is 14.0. The minimum Gasteiger partial charge on any atom is -1.00 e. The van der Waals surface area contributed by atoms with Crippen LogP contribution in [0.15, 0.2) is 30.2 Å². The van der Waals surface area contributed by atoms with Gasteiger partial charge in [-0.2, -0.15) is 0 Å². The van der Waals surface area contributed by atoms with Crippen molar-refractivity contribution >= 4 is 29.2 Å². The molecule has 2 bridgehead atoms. The van der Waals surface area contributed by atoms with E-state index in [4.69, 9.17) is 4.74 Å². The van der Waals surface area contributed by atoms with Gasteiger partial charge in [0.2, 0.25) is 11.9 Å². The van der Waals surface area contributed by atoms with Crippen LogP contribution < -0.4 is 22.3 Å². The number of ether oxygens (including phenoxy) is 1. The summed E-state index contributed by atoms with van der Waals surface area (Å²) < 4.78 is 34.4. The molecule has 0 aromatic carbocycles. The van der Waals surface area contributed by atoms with Gasteiger partial charge in [0.25, 0.3) is 5.91 Å². The fourth-order valence-electron chi connectivity index (χ4n) is 5.85. The number of alkyl halides is 2. The maximum Gasteiger partial charge on any atom is 0.344 e. The number of esters is 1. The number of amides is 1. The van der Waals surface area contributed by atoms with Crippen LogP contribution in [0, 0.1) is 11.8 Å². The van der Waals surface area contributed by atoms with E-state index in [0.717, 1.165) is 37.3 Å². The smallest absolute Gasteiger partial charge is 0.344 e. The minimum atomic E-state index is -2.91. The third-order valence-corrected chi connectivity index (χ3v) is 8.72. The molecular formula is C23H28BrF2N5O4S. The van der Waals surface area contributed by atoms with Crippen molar-refractivity contribution in [2.45, 2.75) is 49.7 Å². The summed E-state index contributed by atoms with van der Waals surface area (Å²) in [7, 11) is 0. The van der Waals surface area contributed by atoms with Crippen molar-refractivity contribution in [3.05, 3.63) is 35.0 Å². The van der Waals surface area contributed by atoms with Gasteiger partial charge >= 0.3 is 5.97 Å². The summed E-state index contributed by atoms with van der Waals surface area (Å²) >= 11 is 1.16. The Kier molecular flexibility index (Phi) is 7.75. The zero-order valence-electron chi connectivity index (χ0n) is 19.5. The highest BCUT2D eigenvalue weighted by Crippen LogP contribution is 2.49. The molecule has 36 heavy (non-hydrogen) atoms. The van der Waals surface area contributed by atoms with Gasteiger partial charge in [0.1, 0.15) is 19.2 Å². The number of hydrogen-bond donors (Lipinski definition) is 2. The van der Waals surface area contributed by atoms with E-state index in [1.54, 1.807) is 17.5 Å². The van der Waals surface area contributed by atoms with Gasteiger partial charge in [-0.05, 0) is 17.9 Å². The Balaban J connectivity index is 0.00000304. The average Bonchev–Trinajstić information content (AvgIpc) is 3.50. The van der Waals surface area contributed by atoms with Crippen LogP contribution in [-0.4, -0.2) is 74.6 Å². The molecule has 4 fully saturated rings. The van der Waals surface area contributed by atoms with Crippen molar-refractivity contribution in [3.63, 3.8) is 0 Å². The predicted octanol–water partition coefficient (Wildman–Crippen LogP) is -0.649. The molecule has 5 heterocycles. The number of aliphatic hydroxyl groups is 1. The van der Waals surface area contributed by atoms with Crippen molar-refractivity contribution in [2.75, 3.05) is 31.5 Å². The monoisotopic (exact) mass is 587 g/mol. The van der Waals surface area contributed by atoms with Gasteiger partial charge in [-0.15, -0.1) is 11.3 Å². The Bertz CT molecular complexity index is 1070. The normalized spacial score (nSPS) is 30.1. The summed E-state index contributed by atoms with van der Waals surface area (Å²) in [6, 6.07) is 3.28. The molecule has 196 valence electrons. The third-order valence-electron chi connectivity index (χ3n) is 7.73. The first-order chi connectivity index (χ1) is 16.7. The molecule has 0 radical (unpaired) electrons. The quantitative estimate of drug-likeness (QED) is 0.327. The lowest BCUT2D eigenvalue weighted by Gasteiger charge is -2.51. The first-order valence-electron chi connectivity index (χ1n) is 11.8. The Morgan fingerprint density at radius 1 is 1.25 bits per heavy atom. The molecule has 4 aliphatic rings.